The van der Waals surface area contributed by atoms with Gasteiger partial charge in [0, 0.05) is 13.2 Å². The Kier molecular flexibility index (Phi) is 5.09. The van der Waals surface area contributed by atoms with E-state index in [4.69, 9.17) is 10.2 Å². The van der Waals surface area contributed by atoms with Gasteiger partial charge in [0.2, 0.25) is 0 Å². The lowest BCUT2D eigenvalue weighted by molar-refractivity contribution is 0.0689. The molecule has 0 fully saturated rings. The van der Waals surface area contributed by atoms with Gasteiger partial charge in [-0.15, -0.1) is 5.10 Å². The van der Waals surface area contributed by atoms with Crippen LogP contribution in [0, 0.1) is 5.92 Å². The van der Waals surface area contributed by atoms with Crippen LogP contribution in [0.4, 0.5) is 0 Å². The van der Waals surface area contributed by atoms with Crippen molar-refractivity contribution in [2.24, 2.45) is 5.92 Å². The zero-order chi connectivity index (χ0) is 12.8. The van der Waals surface area contributed by atoms with Crippen LogP contribution in [0.2, 0.25) is 0 Å². The summed E-state index contributed by atoms with van der Waals surface area (Å²) in [5.41, 5.74) is 0.684. The summed E-state index contributed by atoms with van der Waals surface area (Å²) >= 11 is 0. The maximum absolute atomic E-state index is 11.0. The van der Waals surface area contributed by atoms with E-state index in [9.17, 15) is 4.79 Å². The summed E-state index contributed by atoms with van der Waals surface area (Å²) in [4.78, 5) is 11.0. The fourth-order valence-corrected chi connectivity index (χ4v) is 1.57. The second-order valence-corrected chi connectivity index (χ2v) is 4.42. The molecule has 0 aliphatic carbocycles. The zero-order valence-corrected chi connectivity index (χ0v) is 10.3. The highest BCUT2D eigenvalue weighted by atomic mass is 16.4. The lowest BCUT2D eigenvalue weighted by atomic mass is 10.1. The predicted molar refractivity (Wildman–Crippen MR) is 61.8 cm³/mol. The molecule has 0 aliphatic heterocycles. The number of aliphatic hydroxyl groups excluding tert-OH is 1. The molecule has 0 amide bonds. The van der Waals surface area contributed by atoms with E-state index in [1.54, 1.807) is 4.68 Å². The van der Waals surface area contributed by atoms with Gasteiger partial charge in [-0.25, -0.2) is 9.48 Å². The van der Waals surface area contributed by atoms with Crippen molar-refractivity contribution < 1.29 is 15.0 Å². The van der Waals surface area contributed by atoms with Gasteiger partial charge in [-0.3, -0.25) is 0 Å². The minimum absolute atomic E-state index is 0.0311. The van der Waals surface area contributed by atoms with Gasteiger partial charge in [0.05, 0.1) is 5.69 Å². The minimum Gasteiger partial charge on any atom is -0.476 e. The standard InChI is InChI=1S/C11H19N3O3/c1-8(2)4-5-9-10(11(16)17)12-13-14(9)6-3-7-15/h8,15H,3-7H2,1-2H3,(H,16,17). The highest BCUT2D eigenvalue weighted by molar-refractivity contribution is 5.86. The number of hydrogen-bond acceptors (Lipinski definition) is 4. The van der Waals surface area contributed by atoms with Crippen LogP contribution in [0.5, 0.6) is 0 Å². The Morgan fingerprint density at radius 1 is 1.47 bits per heavy atom. The van der Waals surface area contributed by atoms with Crippen LogP contribution in [0.3, 0.4) is 0 Å². The SMILES string of the molecule is CC(C)CCc1c(C(=O)O)nnn1CCCO. The number of aromatic carboxylic acids is 1. The second kappa shape index (κ2) is 6.34. The van der Waals surface area contributed by atoms with E-state index in [-0.39, 0.29) is 12.3 Å². The Hall–Kier alpha value is -1.43. The molecule has 0 radical (unpaired) electrons. The number of aromatic nitrogens is 3. The quantitative estimate of drug-likeness (QED) is 0.742. The summed E-state index contributed by atoms with van der Waals surface area (Å²) in [7, 11) is 0. The summed E-state index contributed by atoms with van der Waals surface area (Å²) in [5.74, 6) is -0.545. The van der Waals surface area contributed by atoms with E-state index in [1.807, 2.05) is 0 Å². The van der Waals surface area contributed by atoms with Crippen molar-refractivity contribution in [1.29, 1.82) is 0 Å². The van der Waals surface area contributed by atoms with Crippen LogP contribution in [0.15, 0.2) is 0 Å². The fraction of sp³-hybridized carbons (Fsp3) is 0.727. The molecule has 0 aromatic carbocycles. The van der Waals surface area contributed by atoms with Crippen molar-refractivity contribution in [3.8, 4) is 0 Å². The summed E-state index contributed by atoms with van der Waals surface area (Å²) in [6.07, 6.45) is 2.10. The number of hydrogen-bond donors (Lipinski definition) is 2. The van der Waals surface area contributed by atoms with E-state index in [0.29, 0.717) is 31.0 Å². The number of aryl methyl sites for hydroxylation is 1. The second-order valence-electron chi connectivity index (χ2n) is 4.42. The monoisotopic (exact) mass is 241 g/mol. The summed E-state index contributed by atoms with van der Waals surface area (Å²) < 4.78 is 1.59. The lowest BCUT2D eigenvalue weighted by Gasteiger charge is -2.07. The molecule has 17 heavy (non-hydrogen) atoms. The van der Waals surface area contributed by atoms with Crippen LogP contribution in [-0.2, 0) is 13.0 Å². The average Bonchev–Trinajstić information content (AvgIpc) is 2.66. The molecular formula is C11H19N3O3. The Bertz CT molecular complexity index is 374. The molecule has 96 valence electrons. The number of rotatable bonds is 7. The molecule has 0 bridgehead atoms. The molecule has 6 heteroatoms. The van der Waals surface area contributed by atoms with E-state index in [1.165, 1.54) is 0 Å². The van der Waals surface area contributed by atoms with Gasteiger partial charge < -0.3 is 10.2 Å². The van der Waals surface area contributed by atoms with Crippen molar-refractivity contribution in [3.63, 3.8) is 0 Å². The molecule has 0 unspecified atom stereocenters. The molecule has 0 aliphatic rings. The van der Waals surface area contributed by atoms with Crippen molar-refractivity contribution >= 4 is 5.97 Å². The molecular weight excluding hydrogens is 222 g/mol. The molecule has 2 N–H and O–H groups in total. The van der Waals surface area contributed by atoms with Gasteiger partial charge in [0.15, 0.2) is 5.69 Å². The molecule has 6 nitrogen and oxygen atoms in total. The number of nitrogens with zero attached hydrogens (tertiary/aromatic N) is 3. The van der Waals surface area contributed by atoms with Crippen LogP contribution < -0.4 is 0 Å². The molecule has 1 rings (SSSR count). The molecule has 0 spiro atoms. The third-order valence-corrected chi connectivity index (χ3v) is 2.53. The Labute approximate surface area is 100 Å². The van der Waals surface area contributed by atoms with Crippen molar-refractivity contribution in [2.75, 3.05) is 6.61 Å². The molecule has 0 saturated heterocycles. The summed E-state index contributed by atoms with van der Waals surface area (Å²) in [5, 5.41) is 25.3. The van der Waals surface area contributed by atoms with Gasteiger partial charge in [0.1, 0.15) is 0 Å². The van der Waals surface area contributed by atoms with Gasteiger partial charge in [-0.05, 0) is 25.2 Å². The normalized spacial score (nSPS) is 11.1. The Balaban J connectivity index is 2.85. The summed E-state index contributed by atoms with van der Waals surface area (Å²) in [6, 6.07) is 0. The van der Waals surface area contributed by atoms with Crippen LogP contribution in [0.25, 0.3) is 0 Å². The van der Waals surface area contributed by atoms with E-state index < -0.39 is 5.97 Å². The van der Waals surface area contributed by atoms with Crippen molar-refractivity contribution in [2.45, 2.75) is 39.7 Å². The number of carbonyl (C=O) groups is 1. The van der Waals surface area contributed by atoms with E-state index >= 15 is 0 Å². The van der Waals surface area contributed by atoms with Crippen LogP contribution >= 0.6 is 0 Å². The first-order valence-electron chi connectivity index (χ1n) is 5.82. The highest BCUT2D eigenvalue weighted by Crippen LogP contribution is 2.12. The smallest absolute Gasteiger partial charge is 0.358 e. The fourth-order valence-electron chi connectivity index (χ4n) is 1.57. The maximum atomic E-state index is 11.0. The predicted octanol–water partition coefficient (Wildman–Crippen LogP) is 0.947. The molecule has 1 aromatic rings. The van der Waals surface area contributed by atoms with Crippen LogP contribution in [-0.4, -0.2) is 37.8 Å². The van der Waals surface area contributed by atoms with E-state index in [2.05, 4.69) is 24.2 Å². The number of carboxylic acids is 1. The first kappa shape index (κ1) is 13.6. The number of carboxylic acid groups (broad SMARTS) is 1. The minimum atomic E-state index is -1.04. The Morgan fingerprint density at radius 2 is 2.18 bits per heavy atom. The van der Waals surface area contributed by atoms with Crippen molar-refractivity contribution in [1.82, 2.24) is 15.0 Å². The average molecular weight is 241 g/mol. The largest absolute Gasteiger partial charge is 0.476 e. The molecule has 0 saturated carbocycles. The van der Waals surface area contributed by atoms with Gasteiger partial charge >= 0.3 is 5.97 Å². The first-order chi connectivity index (χ1) is 8.06. The lowest BCUT2D eigenvalue weighted by Crippen LogP contribution is -2.10. The topological polar surface area (TPSA) is 88.2 Å². The maximum Gasteiger partial charge on any atom is 0.358 e. The van der Waals surface area contributed by atoms with Crippen LogP contribution in [0.1, 0.15) is 42.9 Å². The van der Waals surface area contributed by atoms with Crippen molar-refractivity contribution in [3.05, 3.63) is 11.4 Å². The van der Waals surface area contributed by atoms with Gasteiger partial charge in [0.25, 0.3) is 0 Å². The summed E-state index contributed by atoms with van der Waals surface area (Å²) in [6.45, 7) is 4.74. The third-order valence-electron chi connectivity index (χ3n) is 2.53. The molecule has 1 heterocycles. The highest BCUT2D eigenvalue weighted by Gasteiger charge is 2.18. The zero-order valence-electron chi connectivity index (χ0n) is 10.3. The Morgan fingerprint density at radius 3 is 2.71 bits per heavy atom. The third kappa shape index (κ3) is 3.81. The first-order valence-corrected chi connectivity index (χ1v) is 5.82. The number of aliphatic hydroxyl groups is 1. The molecule has 0 atom stereocenters. The van der Waals surface area contributed by atoms with E-state index in [0.717, 1.165) is 6.42 Å². The van der Waals surface area contributed by atoms with Gasteiger partial charge in [-0.2, -0.15) is 0 Å². The molecule has 1 aromatic heterocycles. The van der Waals surface area contributed by atoms with Gasteiger partial charge in [-0.1, -0.05) is 19.1 Å².